The van der Waals surface area contributed by atoms with Crippen molar-refractivity contribution in [3.63, 3.8) is 0 Å². The summed E-state index contributed by atoms with van der Waals surface area (Å²) < 4.78 is 4.92. The van der Waals surface area contributed by atoms with E-state index >= 15 is 0 Å². The molecule has 0 fully saturated rings. The zero-order chi connectivity index (χ0) is 21.1. The van der Waals surface area contributed by atoms with E-state index in [1.807, 2.05) is 0 Å². The molecule has 0 aliphatic heterocycles. The molecule has 4 aromatic carbocycles. The highest BCUT2D eigenvalue weighted by atomic mass is 15.0. The van der Waals surface area contributed by atoms with Crippen molar-refractivity contribution < 1.29 is 0 Å². The van der Waals surface area contributed by atoms with Crippen molar-refractivity contribution in [2.45, 2.75) is 12.8 Å². The van der Waals surface area contributed by atoms with Crippen LogP contribution >= 0.6 is 0 Å². The van der Waals surface area contributed by atoms with E-state index in [4.69, 9.17) is 0 Å². The average molecular weight is 411 g/mol. The third kappa shape index (κ3) is 2.35. The van der Waals surface area contributed by atoms with Gasteiger partial charge in [-0.05, 0) is 43.2 Å². The van der Waals surface area contributed by atoms with E-state index in [9.17, 15) is 0 Å². The van der Waals surface area contributed by atoms with Crippen molar-refractivity contribution >= 4 is 44.9 Å². The second kappa shape index (κ2) is 6.73. The molecule has 2 aromatic heterocycles. The lowest BCUT2D eigenvalue weighted by Gasteiger charge is -2.12. The Kier molecular flexibility index (Phi) is 3.71. The topological polar surface area (TPSA) is 9.86 Å². The van der Waals surface area contributed by atoms with Crippen LogP contribution in [0.5, 0.6) is 0 Å². The Morgan fingerprint density at radius 2 is 1.06 bits per heavy atom. The summed E-state index contributed by atoms with van der Waals surface area (Å²) >= 11 is 0. The third-order valence-corrected chi connectivity index (χ3v) is 6.72. The molecular weight excluding hydrogens is 388 g/mol. The zero-order valence-electron chi connectivity index (χ0n) is 17.7. The number of para-hydroxylation sites is 3. The van der Waals surface area contributed by atoms with Gasteiger partial charge in [-0.1, -0.05) is 78.9 Å². The van der Waals surface area contributed by atoms with Crippen LogP contribution in [0.4, 0.5) is 0 Å². The van der Waals surface area contributed by atoms with Crippen LogP contribution in [0.15, 0.2) is 97.1 Å². The van der Waals surface area contributed by atoms with E-state index in [-0.39, 0.29) is 0 Å². The molecule has 152 valence electrons. The molecular formula is C30H22N2. The second-order valence-corrected chi connectivity index (χ2v) is 8.50. The maximum Gasteiger partial charge on any atom is 0.0788 e. The summed E-state index contributed by atoms with van der Waals surface area (Å²) in [6.45, 7) is 0. The highest BCUT2D eigenvalue weighted by molar-refractivity contribution is 6.18. The van der Waals surface area contributed by atoms with Gasteiger partial charge in [0, 0.05) is 38.1 Å². The molecule has 0 bridgehead atoms. The summed E-state index contributed by atoms with van der Waals surface area (Å²) in [6.07, 6.45) is 7.00. The van der Waals surface area contributed by atoms with Crippen LogP contribution in [-0.4, -0.2) is 9.13 Å². The van der Waals surface area contributed by atoms with Crippen molar-refractivity contribution in [2.24, 2.45) is 0 Å². The zero-order valence-corrected chi connectivity index (χ0v) is 17.7. The Morgan fingerprint density at radius 3 is 1.84 bits per heavy atom. The van der Waals surface area contributed by atoms with Crippen LogP contribution in [0.25, 0.3) is 56.2 Å². The van der Waals surface area contributed by atoms with Gasteiger partial charge in [0.05, 0.1) is 16.6 Å². The predicted molar refractivity (Wildman–Crippen MR) is 135 cm³/mol. The van der Waals surface area contributed by atoms with Gasteiger partial charge >= 0.3 is 0 Å². The summed E-state index contributed by atoms with van der Waals surface area (Å²) in [7, 11) is 0. The molecule has 0 amide bonds. The Hall–Kier alpha value is -4.04. The fourth-order valence-corrected chi connectivity index (χ4v) is 5.42. The number of hydrogen-bond donors (Lipinski definition) is 0. The molecule has 1 aliphatic rings. The quantitative estimate of drug-likeness (QED) is 0.327. The van der Waals surface area contributed by atoms with Crippen molar-refractivity contribution in [3.8, 4) is 11.4 Å². The fourth-order valence-electron chi connectivity index (χ4n) is 5.42. The van der Waals surface area contributed by atoms with Gasteiger partial charge in [0.15, 0.2) is 0 Å². The first-order chi connectivity index (χ1) is 15.9. The van der Waals surface area contributed by atoms with E-state index in [0.29, 0.717) is 0 Å². The van der Waals surface area contributed by atoms with Crippen LogP contribution in [-0.2, 0) is 0 Å². The number of benzene rings is 4. The molecule has 7 rings (SSSR count). The molecule has 1 aliphatic carbocycles. The molecule has 6 aromatic rings. The van der Waals surface area contributed by atoms with Crippen LogP contribution in [0.2, 0.25) is 0 Å². The highest BCUT2D eigenvalue weighted by Gasteiger charge is 2.20. The van der Waals surface area contributed by atoms with E-state index < -0.39 is 0 Å². The van der Waals surface area contributed by atoms with Gasteiger partial charge < -0.3 is 9.13 Å². The van der Waals surface area contributed by atoms with Gasteiger partial charge in [-0.3, -0.25) is 0 Å². The van der Waals surface area contributed by atoms with Gasteiger partial charge in [0.25, 0.3) is 0 Å². The van der Waals surface area contributed by atoms with Gasteiger partial charge in [0.2, 0.25) is 0 Å². The minimum Gasteiger partial charge on any atom is -0.308 e. The summed E-state index contributed by atoms with van der Waals surface area (Å²) in [5, 5.41) is 6.59. The molecule has 0 saturated carbocycles. The average Bonchev–Trinajstić information content (AvgIpc) is 3.38. The summed E-state index contributed by atoms with van der Waals surface area (Å²) in [4.78, 5) is 0. The predicted octanol–water partition coefficient (Wildman–Crippen LogP) is 6.08. The fraction of sp³-hybridized carbons (Fsp3) is 0.0667. The lowest BCUT2D eigenvalue weighted by molar-refractivity contribution is 1.02. The summed E-state index contributed by atoms with van der Waals surface area (Å²) in [6, 6.07) is 35.0. The summed E-state index contributed by atoms with van der Waals surface area (Å²) in [5.41, 5.74) is 6.21. The molecule has 0 N–H and O–H groups in total. The van der Waals surface area contributed by atoms with Crippen molar-refractivity contribution in [2.75, 3.05) is 0 Å². The number of fused-ring (bicyclic) bond motifs is 7. The first-order valence-electron chi connectivity index (χ1n) is 11.3. The standard InChI is InChI=1S/C30H22N2/c1-3-11-21(12-4-1)31-27-17-9-7-15-23(27)25-19-20-26-24-16-8-10-18-28(24)32(30(26)29(25)31)22-13-5-2-6-14-22/h1-7,9,11-20H,8,10H2. The Morgan fingerprint density at radius 1 is 0.469 bits per heavy atom. The molecule has 32 heavy (non-hydrogen) atoms. The van der Waals surface area contributed by atoms with Gasteiger partial charge in [-0.2, -0.15) is 0 Å². The molecule has 0 radical (unpaired) electrons. The van der Waals surface area contributed by atoms with E-state index in [2.05, 4.69) is 118 Å². The van der Waals surface area contributed by atoms with Crippen LogP contribution < -0.4 is 10.6 Å². The number of aromatic nitrogens is 2. The third-order valence-electron chi connectivity index (χ3n) is 6.72. The van der Waals surface area contributed by atoms with Crippen LogP contribution in [0, 0.1) is 0 Å². The molecule has 2 heterocycles. The molecule has 0 saturated heterocycles. The molecule has 0 unspecified atom stereocenters. The van der Waals surface area contributed by atoms with E-state index in [1.165, 1.54) is 54.7 Å². The first kappa shape index (κ1) is 17.6. The normalized spacial score (nSPS) is 13.2. The van der Waals surface area contributed by atoms with Crippen molar-refractivity contribution in [1.29, 1.82) is 0 Å². The smallest absolute Gasteiger partial charge is 0.0788 e. The molecule has 0 spiro atoms. The highest BCUT2D eigenvalue weighted by Crippen LogP contribution is 2.36. The SMILES string of the molecule is C1=c2c(n(-c3ccccc3)c3c2ccc2c4ccccc4n(-c4ccccc4)c23)=CCC1. The number of hydrogen-bond acceptors (Lipinski definition) is 0. The maximum absolute atomic E-state index is 2.47. The lowest BCUT2D eigenvalue weighted by atomic mass is 10.1. The molecule has 0 atom stereocenters. The van der Waals surface area contributed by atoms with Gasteiger partial charge in [-0.15, -0.1) is 0 Å². The molecule has 2 heteroatoms. The Balaban J connectivity index is 1.81. The summed E-state index contributed by atoms with van der Waals surface area (Å²) in [5.74, 6) is 0. The maximum atomic E-state index is 2.47. The first-order valence-corrected chi connectivity index (χ1v) is 11.3. The Labute approximate surface area is 186 Å². The van der Waals surface area contributed by atoms with Gasteiger partial charge in [-0.25, -0.2) is 0 Å². The number of nitrogens with zero attached hydrogens (tertiary/aromatic N) is 2. The minimum absolute atomic E-state index is 1.08. The van der Waals surface area contributed by atoms with Crippen molar-refractivity contribution in [1.82, 2.24) is 9.13 Å². The van der Waals surface area contributed by atoms with E-state index in [1.54, 1.807) is 0 Å². The second-order valence-electron chi connectivity index (χ2n) is 8.50. The number of rotatable bonds is 2. The lowest BCUT2D eigenvalue weighted by Crippen LogP contribution is -2.30. The van der Waals surface area contributed by atoms with E-state index in [0.717, 1.165) is 12.8 Å². The van der Waals surface area contributed by atoms with Crippen molar-refractivity contribution in [3.05, 3.63) is 108 Å². The Bertz CT molecular complexity index is 1750. The largest absolute Gasteiger partial charge is 0.308 e. The monoisotopic (exact) mass is 410 g/mol. The van der Waals surface area contributed by atoms with Crippen LogP contribution in [0.3, 0.4) is 0 Å². The molecule has 2 nitrogen and oxygen atoms in total. The van der Waals surface area contributed by atoms with Crippen LogP contribution in [0.1, 0.15) is 12.8 Å². The minimum atomic E-state index is 1.08. The van der Waals surface area contributed by atoms with Gasteiger partial charge in [0.1, 0.15) is 0 Å².